The van der Waals surface area contributed by atoms with Crippen molar-refractivity contribution < 1.29 is 17.9 Å². The van der Waals surface area contributed by atoms with Gasteiger partial charge in [0.15, 0.2) is 0 Å². The van der Waals surface area contributed by atoms with Crippen LogP contribution in [0.2, 0.25) is 0 Å². The molecular formula is C21H25NO4S. The molecule has 1 saturated heterocycles. The standard InChI is InChI=1S/C21H25NO4S/c1-15-5-11-19(12-6-15)27(24,25)22-13-16-7-9-18(10-8-17(16)14-22)26-20(23)21(2,3)4/h5-12,16H,13-14H2,1-4H3. The molecule has 1 atom stereocenters. The first-order valence-electron chi connectivity index (χ1n) is 8.95. The van der Waals surface area contributed by atoms with Gasteiger partial charge in [-0.05, 0) is 57.6 Å². The molecule has 0 aromatic heterocycles. The first kappa shape index (κ1) is 19.6. The minimum absolute atomic E-state index is 0.0210. The van der Waals surface area contributed by atoms with Crippen LogP contribution in [0.1, 0.15) is 26.3 Å². The molecule has 1 heterocycles. The van der Waals surface area contributed by atoms with E-state index < -0.39 is 15.4 Å². The van der Waals surface area contributed by atoms with Crippen molar-refractivity contribution in [3.63, 3.8) is 0 Å². The van der Waals surface area contributed by atoms with Crippen molar-refractivity contribution in [3.8, 4) is 0 Å². The molecule has 1 aromatic carbocycles. The number of hydrogen-bond acceptors (Lipinski definition) is 4. The van der Waals surface area contributed by atoms with Crippen molar-refractivity contribution >= 4 is 16.0 Å². The molecule has 0 radical (unpaired) electrons. The lowest BCUT2D eigenvalue weighted by Gasteiger charge is -2.17. The molecule has 27 heavy (non-hydrogen) atoms. The van der Waals surface area contributed by atoms with E-state index in [4.69, 9.17) is 4.74 Å². The predicted octanol–water partition coefficient (Wildman–Crippen LogP) is 3.58. The maximum atomic E-state index is 12.9. The first-order chi connectivity index (χ1) is 12.6. The molecule has 1 aliphatic carbocycles. The lowest BCUT2D eigenvalue weighted by Crippen LogP contribution is -2.28. The molecule has 0 bridgehead atoms. The quantitative estimate of drug-likeness (QED) is 0.744. The number of nitrogens with zero attached hydrogens (tertiary/aromatic N) is 1. The third kappa shape index (κ3) is 4.22. The van der Waals surface area contributed by atoms with E-state index in [1.165, 1.54) is 4.31 Å². The Kier molecular flexibility index (Phi) is 5.14. The Labute approximate surface area is 161 Å². The van der Waals surface area contributed by atoms with Gasteiger partial charge in [-0.3, -0.25) is 4.79 Å². The van der Waals surface area contributed by atoms with Gasteiger partial charge in [0.1, 0.15) is 5.76 Å². The number of carbonyl (C=O) groups is 1. The van der Waals surface area contributed by atoms with Crippen molar-refractivity contribution in [3.05, 3.63) is 65.5 Å². The summed E-state index contributed by atoms with van der Waals surface area (Å²) in [5.41, 5.74) is 1.43. The molecule has 0 N–H and O–H groups in total. The summed E-state index contributed by atoms with van der Waals surface area (Å²) in [6.07, 6.45) is 7.25. The Morgan fingerprint density at radius 1 is 1.15 bits per heavy atom. The average Bonchev–Trinajstić information content (AvgIpc) is 2.92. The van der Waals surface area contributed by atoms with E-state index >= 15 is 0 Å². The summed E-state index contributed by atoms with van der Waals surface area (Å²) in [5, 5.41) is 0. The summed E-state index contributed by atoms with van der Waals surface area (Å²) < 4.78 is 32.7. The minimum atomic E-state index is -3.52. The van der Waals surface area contributed by atoms with Gasteiger partial charge >= 0.3 is 5.97 Å². The fourth-order valence-electron chi connectivity index (χ4n) is 2.91. The van der Waals surface area contributed by atoms with Gasteiger partial charge in [0.2, 0.25) is 10.0 Å². The molecule has 3 rings (SSSR count). The van der Waals surface area contributed by atoms with Crippen LogP contribution >= 0.6 is 0 Å². The van der Waals surface area contributed by atoms with E-state index in [0.717, 1.165) is 11.1 Å². The van der Waals surface area contributed by atoms with Gasteiger partial charge in [-0.1, -0.05) is 29.8 Å². The van der Waals surface area contributed by atoms with Crippen LogP contribution in [0.3, 0.4) is 0 Å². The maximum Gasteiger partial charge on any atom is 0.316 e. The molecule has 1 unspecified atom stereocenters. The highest BCUT2D eigenvalue weighted by Crippen LogP contribution is 2.31. The molecule has 5 nitrogen and oxygen atoms in total. The van der Waals surface area contributed by atoms with E-state index in [1.54, 1.807) is 57.2 Å². The van der Waals surface area contributed by atoms with Crippen molar-refractivity contribution in [1.29, 1.82) is 0 Å². The summed E-state index contributed by atoms with van der Waals surface area (Å²) in [6.45, 7) is 8.05. The molecule has 0 saturated carbocycles. The van der Waals surface area contributed by atoms with Crippen LogP contribution in [0.5, 0.6) is 0 Å². The van der Waals surface area contributed by atoms with Gasteiger partial charge in [0, 0.05) is 19.0 Å². The Bertz CT molecular complexity index is 931. The van der Waals surface area contributed by atoms with Gasteiger partial charge in [0.05, 0.1) is 10.3 Å². The second-order valence-corrected chi connectivity index (χ2v) is 9.96. The Hall–Kier alpha value is -2.18. The Balaban J connectivity index is 1.77. The van der Waals surface area contributed by atoms with Crippen LogP contribution in [0.25, 0.3) is 0 Å². The Morgan fingerprint density at radius 2 is 1.81 bits per heavy atom. The van der Waals surface area contributed by atoms with Crippen molar-refractivity contribution in [1.82, 2.24) is 4.31 Å². The minimum Gasteiger partial charge on any atom is -0.426 e. The number of carbonyl (C=O) groups excluding carboxylic acids is 1. The number of esters is 1. The average molecular weight is 388 g/mol. The van der Waals surface area contributed by atoms with Crippen molar-refractivity contribution in [2.45, 2.75) is 32.6 Å². The van der Waals surface area contributed by atoms with Crippen LogP contribution in [0, 0.1) is 18.3 Å². The summed E-state index contributed by atoms with van der Waals surface area (Å²) in [4.78, 5) is 12.4. The molecule has 0 spiro atoms. The van der Waals surface area contributed by atoms with Crippen LogP contribution in [-0.4, -0.2) is 31.8 Å². The van der Waals surface area contributed by atoms with Crippen LogP contribution in [-0.2, 0) is 19.6 Å². The summed E-state index contributed by atoms with van der Waals surface area (Å²) >= 11 is 0. The molecule has 1 fully saturated rings. The largest absolute Gasteiger partial charge is 0.426 e. The second-order valence-electron chi connectivity index (χ2n) is 8.03. The monoisotopic (exact) mass is 387 g/mol. The van der Waals surface area contributed by atoms with Gasteiger partial charge in [-0.25, -0.2) is 8.42 Å². The zero-order valence-corrected chi connectivity index (χ0v) is 16.9. The Morgan fingerprint density at radius 3 is 2.44 bits per heavy atom. The summed E-state index contributed by atoms with van der Waals surface area (Å²) in [5.74, 6) is 0.157. The molecule has 1 aromatic rings. The molecular weight excluding hydrogens is 362 g/mol. The summed E-state index contributed by atoms with van der Waals surface area (Å²) in [7, 11) is -3.52. The van der Waals surface area contributed by atoms with Crippen LogP contribution < -0.4 is 0 Å². The van der Waals surface area contributed by atoms with Gasteiger partial charge in [-0.15, -0.1) is 0 Å². The second kappa shape index (κ2) is 7.09. The molecule has 6 heteroatoms. The lowest BCUT2D eigenvalue weighted by molar-refractivity contribution is -0.147. The fourth-order valence-corrected chi connectivity index (χ4v) is 4.36. The highest BCUT2D eigenvalue weighted by molar-refractivity contribution is 7.89. The predicted molar refractivity (Wildman–Crippen MR) is 104 cm³/mol. The van der Waals surface area contributed by atoms with Gasteiger partial charge < -0.3 is 4.74 Å². The molecule has 144 valence electrons. The first-order valence-corrected chi connectivity index (χ1v) is 10.4. The fraction of sp³-hybridized carbons (Fsp3) is 0.381. The van der Waals surface area contributed by atoms with Gasteiger partial charge in [0.25, 0.3) is 0 Å². The number of ether oxygens (including phenoxy) is 1. The molecule has 2 aliphatic rings. The van der Waals surface area contributed by atoms with Crippen molar-refractivity contribution in [2.75, 3.05) is 13.1 Å². The van der Waals surface area contributed by atoms with Crippen molar-refractivity contribution in [2.24, 2.45) is 11.3 Å². The van der Waals surface area contributed by atoms with Crippen LogP contribution in [0.4, 0.5) is 0 Å². The zero-order valence-electron chi connectivity index (χ0n) is 16.1. The van der Waals surface area contributed by atoms with E-state index in [1.807, 2.05) is 19.1 Å². The number of allylic oxidation sites excluding steroid dienone is 3. The number of benzene rings is 1. The topological polar surface area (TPSA) is 63.7 Å². The number of fused-ring (bicyclic) bond motifs is 1. The van der Waals surface area contributed by atoms with E-state index in [0.29, 0.717) is 23.7 Å². The SMILES string of the molecule is Cc1ccc(S(=O)(=O)N2CC3=CC=C(OC(=O)C(C)(C)C)C=CC3C2)cc1. The maximum absolute atomic E-state index is 12.9. The summed E-state index contributed by atoms with van der Waals surface area (Å²) in [6, 6.07) is 6.90. The number of aryl methyl sites for hydroxylation is 1. The van der Waals surface area contributed by atoms with E-state index in [-0.39, 0.29) is 11.9 Å². The number of hydrogen-bond donors (Lipinski definition) is 0. The normalized spacial score (nSPS) is 20.5. The third-order valence-corrected chi connectivity index (χ3v) is 6.50. The van der Waals surface area contributed by atoms with Crippen LogP contribution in [0.15, 0.2) is 64.8 Å². The third-order valence-electron chi connectivity index (χ3n) is 4.67. The zero-order chi connectivity index (χ0) is 19.8. The van der Waals surface area contributed by atoms with E-state index in [2.05, 4.69) is 0 Å². The number of rotatable bonds is 3. The van der Waals surface area contributed by atoms with Gasteiger partial charge in [-0.2, -0.15) is 4.31 Å². The highest BCUT2D eigenvalue weighted by Gasteiger charge is 2.35. The smallest absolute Gasteiger partial charge is 0.316 e. The van der Waals surface area contributed by atoms with E-state index in [9.17, 15) is 13.2 Å². The number of sulfonamides is 1. The molecule has 0 amide bonds. The molecule has 1 aliphatic heterocycles. The highest BCUT2D eigenvalue weighted by atomic mass is 32.2. The lowest BCUT2D eigenvalue weighted by atomic mass is 9.97.